The van der Waals surface area contributed by atoms with Crippen molar-refractivity contribution < 1.29 is 8.42 Å². The van der Waals surface area contributed by atoms with Crippen LogP contribution in [0.1, 0.15) is 42.0 Å². The first-order valence-corrected chi connectivity index (χ1v) is 14.0. The van der Waals surface area contributed by atoms with Crippen molar-refractivity contribution in [1.29, 1.82) is 0 Å². The quantitative estimate of drug-likeness (QED) is 0.237. The van der Waals surface area contributed by atoms with Crippen molar-refractivity contribution >= 4 is 32.4 Å². The largest absolute Gasteiger partial charge is 0.256 e. The van der Waals surface area contributed by atoms with E-state index in [-0.39, 0.29) is 4.90 Å². The number of nitrogens with zero attached hydrogens (tertiary/aromatic N) is 3. The molecule has 0 saturated heterocycles. The van der Waals surface area contributed by atoms with E-state index in [1.165, 1.54) is 18.1 Å². The van der Waals surface area contributed by atoms with E-state index in [9.17, 15) is 8.42 Å². The number of pyridine rings is 1. The van der Waals surface area contributed by atoms with Crippen molar-refractivity contribution in [2.75, 3.05) is 6.26 Å². The standard InChI is InChI=1S/C31H27N3O2S/c1-21(2)26-16-25-8-5-13-34-31(25)30(17-26)24-7-4-6-22(14-24)15-29(27-18-32-20-33-19-27)23-9-11-28(12-10-23)37(3,35)36/h4-21H,1-3H3. The molecule has 5 aromatic rings. The SMILES string of the molecule is CC(C)c1cc(-c2cccc(C=C(c3ccc(S(C)(=O)=O)cc3)c3cncnc3)c2)c2ncccc2c1. The summed E-state index contributed by atoms with van der Waals surface area (Å²) in [6.07, 6.45) is 10.1. The van der Waals surface area contributed by atoms with E-state index in [0.717, 1.165) is 44.3 Å². The molecule has 0 aliphatic heterocycles. The molecule has 0 amide bonds. The second-order valence-electron chi connectivity index (χ2n) is 9.41. The minimum absolute atomic E-state index is 0.284. The summed E-state index contributed by atoms with van der Waals surface area (Å²) in [4.78, 5) is 13.4. The minimum atomic E-state index is -3.28. The van der Waals surface area contributed by atoms with E-state index >= 15 is 0 Å². The number of rotatable bonds is 6. The number of benzene rings is 3. The van der Waals surface area contributed by atoms with Crippen LogP contribution in [0.25, 0.3) is 33.7 Å². The molecule has 0 unspecified atom stereocenters. The average molecular weight is 506 g/mol. The van der Waals surface area contributed by atoms with Gasteiger partial charge in [0.25, 0.3) is 0 Å². The first kappa shape index (κ1) is 24.5. The highest BCUT2D eigenvalue weighted by atomic mass is 32.2. The van der Waals surface area contributed by atoms with Crippen LogP contribution in [0.4, 0.5) is 0 Å². The van der Waals surface area contributed by atoms with Crippen LogP contribution in [0.3, 0.4) is 0 Å². The monoisotopic (exact) mass is 505 g/mol. The van der Waals surface area contributed by atoms with E-state index in [0.29, 0.717) is 5.92 Å². The average Bonchev–Trinajstić information content (AvgIpc) is 2.91. The molecule has 0 aliphatic rings. The van der Waals surface area contributed by atoms with Gasteiger partial charge in [-0.15, -0.1) is 0 Å². The molecule has 5 rings (SSSR count). The van der Waals surface area contributed by atoms with Crippen LogP contribution < -0.4 is 0 Å². The zero-order chi connectivity index (χ0) is 26.0. The van der Waals surface area contributed by atoms with Crippen molar-refractivity contribution in [3.63, 3.8) is 0 Å². The Morgan fingerprint density at radius 1 is 0.865 bits per heavy atom. The van der Waals surface area contributed by atoms with Gasteiger partial charge < -0.3 is 0 Å². The van der Waals surface area contributed by atoms with Crippen molar-refractivity contribution in [3.8, 4) is 11.1 Å². The van der Waals surface area contributed by atoms with Gasteiger partial charge in [0.2, 0.25) is 0 Å². The number of sulfone groups is 1. The molecule has 0 radical (unpaired) electrons. The third-order valence-electron chi connectivity index (χ3n) is 6.37. The van der Waals surface area contributed by atoms with Gasteiger partial charge in [-0.3, -0.25) is 4.98 Å². The Bertz CT molecular complexity index is 1710. The molecule has 0 aliphatic carbocycles. The van der Waals surface area contributed by atoms with Crippen molar-refractivity contribution in [1.82, 2.24) is 15.0 Å². The van der Waals surface area contributed by atoms with E-state index in [1.54, 1.807) is 24.5 Å². The van der Waals surface area contributed by atoms with E-state index < -0.39 is 9.84 Å². The van der Waals surface area contributed by atoms with Gasteiger partial charge in [-0.05, 0) is 76.2 Å². The Morgan fingerprint density at radius 3 is 2.32 bits per heavy atom. The van der Waals surface area contributed by atoms with Crippen LogP contribution in [-0.4, -0.2) is 29.6 Å². The van der Waals surface area contributed by atoms with Gasteiger partial charge in [-0.25, -0.2) is 18.4 Å². The maximum atomic E-state index is 12.0. The second kappa shape index (κ2) is 10.1. The van der Waals surface area contributed by atoms with Crippen molar-refractivity contribution in [2.45, 2.75) is 24.7 Å². The Hall–Kier alpha value is -4.16. The maximum Gasteiger partial charge on any atom is 0.175 e. The van der Waals surface area contributed by atoms with Crippen LogP contribution >= 0.6 is 0 Å². The van der Waals surface area contributed by atoms with Gasteiger partial charge in [0, 0.05) is 41.4 Å². The van der Waals surface area contributed by atoms with Crippen molar-refractivity contribution in [2.24, 2.45) is 0 Å². The molecule has 5 nitrogen and oxygen atoms in total. The van der Waals surface area contributed by atoms with Gasteiger partial charge in [0.1, 0.15) is 6.33 Å². The number of hydrogen-bond donors (Lipinski definition) is 0. The Labute approximate surface area is 217 Å². The molecule has 0 saturated carbocycles. The zero-order valence-electron chi connectivity index (χ0n) is 21.0. The molecule has 6 heteroatoms. The Morgan fingerprint density at radius 2 is 1.62 bits per heavy atom. The van der Waals surface area contributed by atoms with E-state index in [4.69, 9.17) is 4.98 Å². The van der Waals surface area contributed by atoms with E-state index in [1.807, 2.05) is 30.5 Å². The molecular formula is C31H27N3O2S. The Kier molecular flexibility index (Phi) is 6.68. The molecule has 37 heavy (non-hydrogen) atoms. The predicted octanol–water partition coefficient (Wildman–Crippen LogP) is 6.81. The summed E-state index contributed by atoms with van der Waals surface area (Å²) in [6, 6.07) is 23.8. The lowest BCUT2D eigenvalue weighted by Gasteiger charge is -2.13. The molecule has 0 N–H and O–H groups in total. The van der Waals surface area contributed by atoms with E-state index in [2.05, 4.69) is 66.3 Å². The third kappa shape index (κ3) is 5.34. The molecule has 3 aromatic carbocycles. The van der Waals surface area contributed by atoms with Gasteiger partial charge >= 0.3 is 0 Å². The summed E-state index contributed by atoms with van der Waals surface area (Å²) < 4.78 is 23.9. The fourth-order valence-corrected chi connectivity index (χ4v) is 5.02. The van der Waals surface area contributed by atoms with Gasteiger partial charge in [0.05, 0.1) is 10.4 Å². The van der Waals surface area contributed by atoms with Gasteiger partial charge in [0.15, 0.2) is 9.84 Å². The van der Waals surface area contributed by atoms with Gasteiger partial charge in [-0.1, -0.05) is 50.2 Å². The highest BCUT2D eigenvalue weighted by Gasteiger charge is 2.13. The van der Waals surface area contributed by atoms with Crippen LogP contribution in [0, 0.1) is 0 Å². The summed E-state index contributed by atoms with van der Waals surface area (Å²) in [6.45, 7) is 4.40. The lowest BCUT2D eigenvalue weighted by molar-refractivity contribution is 0.602. The zero-order valence-corrected chi connectivity index (χ0v) is 21.8. The fourth-order valence-electron chi connectivity index (χ4n) is 4.38. The number of aromatic nitrogens is 3. The normalized spacial score (nSPS) is 12.3. The summed E-state index contributed by atoms with van der Waals surface area (Å²) in [5.41, 5.74) is 8.04. The number of fused-ring (bicyclic) bond motifs is 1. The maximum absolute atomic E-state index is 12.0. The molecule has 0 fully saturated rings. The van der Waals surface area contributed by atoms with Crippen LogP contribution in [-0.2, 0) is 9.84 Å². The summed E-state index contributed by atoms with van der Waals surface area (Å²) in [5, 5.41) is 1.12. The second-order valence-corrected chi connectivity index (χ2v) is 11.4. The van der Waals surface area contributed by atoms with Gasteiger partial charge in [-0.2, -0.15) is 0 Å². The molecule has 2 aromatic heterocycles. The lowest BCUT2D eigenvalue weighted by Crippen LogP contribution is -1.97. The topological polar surface area (TPSA) is 72.8 Å². The molecule has 0 spiro atoms. The first-order chi connectivity index (χ1) is 17.8. The number of hydrogen-bond acceptors (Lipinski definition) is 5. The van der Waals surface area contributed by atoms with Crippen LogP contribution in [0.2, 0.25) is 0 Å². The smallest absolute Gasteiger partial charge is 0.175 e. The highest BCUT2D eigenvalue weighted by Crippen LogP contribution is 2.33. The minimum Gasteiger partial charge on any atom is -0.256 e. The highest BCUT2D eigenvalue weighted by molar-refractivity contribution is 7.90. The fraction of sp³-hybridized carbons (Fsp3) is 0.129. The molecule has 0 atom stereocenters. The van der Waals surface area contributed by atoms with Crippen LogP contribution in [0.15, 0.2) is 103 Å². The first-order valence-electron chi connectivity index (χ1n) is 12.1. The summed E-state index contributed by atoms with van der Waals surface area (Å²) in [5.74, 6) is 0.394. The Balaban J connectivity index is 1.65. The third-order valence-corrected chi connectivity index (χ3v) is 7.50. The lowest BCUT2D eigenvalue weighted by atomic mass is 9.92. The molecule has 184 valence electrons. The van der Waals surface area contributed by atoms with Crippen molar-refractivity contribution in [3.05, 3.63) is 120 Å². The molecule has 0 bridgehead atoms. The molecular weight excluding hydrogens is 478 g/mol. The summed E-state index contributed by atoms with van der Waals surface area (Å²) >= 11 is 0. The molecule has 2 heterocycles. The summed E-state index contributed by atoms with van der Waals surface area (Å²) in [7, 11) is -3.28. The van der Waals surface area contributed by atoms with Crippen LogP contribution in [0.5, 0.6) is 0 Å². The predicted molar refractivity (Wildman–Crippen MR) is 150 cm³/mol.